The maximum absolute atomic E-state index is 12.6. The molecule has 1 aliphatic rings. The summed E-state index contributed by atoms with van der Waals surface area (Å²) in [5.74, 6) is -1.57. The maximum Gasteiger partial charge on any atom is 0.393 e. The molecule has 0 bridgehead atoms. The number of halogens is 3. The number of hydrogen-bond donors (Lipinski definition) is 1. The minimum absolute atomic E-state index is 0.0911. The minimum atomic E-state index is -4.17. The maximum atomic E-state index is 12.6. The van der Waals surface area contributed by atoms with Gasteiger partial charge >= 0.3 is 6.18 Å². The van der Waals surface area contributed by atoms with Crippen molar-refractivity contribution in [2.24, 2.45) is 5.92 Å². The number of carbonyl (C=O) groups is 1. The lowest BCUT2D eigenvalue weighted by Crippen LogP contribution is -2.51. The Bertz CT molecular complexity index is 304. The van der Waals surface area contributed by atoms with E-state index in [0.717, 1.165) is 0 Å². The summed E-state index contributed by atoms with van der Waals surface area (Å²) in [6.07, 6.45) is -2.00. The molecule has 1 saturated heterocycles. The predicted molar refractivity (Wildman–Crippen MR) is 63.0 cm³/mol. The van der Waals surface area contributed by atoms with Gasteiger partial charge in [-0.25, -0.2) is 0 Å². The average Bonchev–Trinajstić information content (AvgIpc) is 2.34. The smallest absolute Gasteiger partial charge is 0.351 e. The highest BCUT2D eigenvalue weighted by Crippen LogP contribution is 2.33. The highest BCUT2D eigenvalue weighted by atomic mass is 19.4. The molecule has 0 unspecified atom stereocenters. The number of nitrogens with one attached hydrogen (secondary N) is 1. The Morgan fingerprint density at radius 3 is 2.83 bits per heavy atom. The van der Waals surface area contributed by atoms with Crippen molar-refractivity contribution < 1.29 is 18.0 Å². The Balaban J connectivity index is 2.55. The van der Waals surface area contributed by atoms with E-state index in [9.17, 15) is 18.0 Å². The second-order valence-corrected chi connectivity index (χ2v) is 4.59. The molecule has 1 aliphatic heterocycles. The molecule has 0 aromatic heterocycles. The van der Waals surface area contributed by atoms with E-state index in [2.05, 4.69) is 11.9 Å². The molecule has 1 fully saturated rings. The monoisotopic (exact) mass is 264 g/mol. The van der Waals surface area contributed by atoms with E-state index in [0.29, 0.717) is 19.5 Å². The number of likely N-dealkylation sites (tertiary alicyclic amines) is 1. The van der Waals surface area contributed by atoms with E-state index < -0.39 is 18.1 Å². The van der Waals surface area contributed by atoms with Crippen molar-refractivity contribution in [1.29, 1.82) is 0 Å². The molecular formula is C12H19F3N2O. The van der Waals surface area contributed by atoms with E-state index in [1.807, 2.05) is 0 Å². The summed E-state index contributed by atoms with van der Waals surface area (Å²) in [5, 5.41) is 2.60. The molecule has 0 radical (unpaired) electrons. The highest BCUT2D eigenvalue weighted by molar-refractivity contribution is 5.81. The first-order chi connectivity index (χ1) is 8.36. The van der Waals surface area contributed by atoms with Crippen LogP contribution in [-0.4, -0.2) is 42.7 Å². The Kier molecular flexibility index (Phi) is 5.19. The van der Waals surface area contributed by atoms with Crippen LogP contribution in [0.15, 0.2) is 12.7 Å². The van der Waals surface area contributed by atoms with Gasteiger partial charge in [0.05, 0.1) is 12.0 Å². The number of hydrogen-bond acceptors (Lipinski definition) is 2. The van der Waals surface area contributed by atoms with E-state index in [1.165, 1.54) is 0 Å². The van der Waals surface area contributed by atoms with E-state index in [4.69, 9.17) is 0 Å². The average molecular weight is 264 g/mol. The van der Waals surface area contributed by atoms with Gasteiger partial charge in [-0.15, -0.1) is 6.58 Å². The third kappa shape index (κ3) is 4.01. The van der Waals surface area contributed by atoms with E-state index in [-0.39, 0.29) is 18.9 Å². The molecule has 1 amide bonds. The molecule has 1 heterocycles. The normalized spacial score (nSPS) is 23.4. The van der Waals surface area contributed by atoms with Crippen molar-refractivity contribution in [2.75, 3.05) is 19.6 Å². The first-order valence-corrected chi connectivity index (χ1v) is 6.05. The fraction of sp³-hybridized carbons (Fsp3) is 0.750. The van der Waals surface area contributed by atoms with Crippen LogP contribution < -0.4 is 5.32 Å². The van der Waals surface area contributed by atoms with Crippen LogP contribution in [0, 0.1) is 5.92 Å². The largest absolute Gasteiger partial charge is 0.393 e. The van der Waals surface area contributed by atoms with Crippen molar-refractivity contribution in [3.8, 4) is 0 Å². The number of alkyl halides is 3. The standard InChI is InChI=1S/C12H19F3N2O/c1-3-6-16-11(18)9(2)17-7-4-5-10(8-17)12(13,14)15/h3,9-10H,1,4-8H2,2H3,(H,16,18)/t9-,10+/m0/s1. The van der Waals surface area contributed by atoms with E-state index >= 15 is 0 Å². The molecule has 1 N–H and O–H groups in total. The molecule has 6 heteroatoms. The molecule has 3 nitrogen and oxygen atoms in total. The van der Waals surface area contributed by atoms with Gasteiger partial charge in [-0.3, -0.25) is 9.69 Å². The zero-order valence-corrected chi connectivity index (χ0v) is 10.5. The van der Waals surface area contributed by atoms with Gasteiger partial charge in [-0.2, -0.15) is 13.2 Å². The third-order valence-electron chi connectivity index (χ3n) is 3.26. The molecule has 104 valence electrons. The van der Waals surface area contributed by atoms with Crippen LogP contribution in [0.1, 0.15) is 19.8 Å². The van der Waals surface area contributed by atoms with Crippen molar-refractivity contribution in [2.45, 2.75) is 32.0 Å². The van der Waals surface area contributed by atoms with Crippen LogP contribution in [0.25, 0.3) is 0 Å². The quantitative estimate of drug-likeness (QED) is 0.787. The molecule has 0 aliphatic carbocycles. The lowest BCUT2D eigenvalue weighted by Gasteiger charge is -2.36. The highest BCUT2D eigenvalue weighted by Gasteiger charge is 2.43. The molecule has 2 atom stereocenters. The third-order valence-corrected chi connectivity index (χ3v) is 3.26. The summed E-state index contributed by atoms with van der Waals surface area (Å²) in [4.78, 5) is 13.3. The van der Waals surface area contributed by atoms with Crippen molar-refractivity contribution >= 4 is 5.91 Å². The summed E-state index contributed by atoms with van der Waals surface area (Å²) in [7, 11) is 0. The SMILES string of the molecule is C=CCNC(=O)[C@H](C)N1CCC[C@@H](C(F)(F)F)C1. The lowest BCUT2D eigenvalue weighted by molar-refractivity contribution is -0.188. The number of carbonyl (C=O) groups excluding carboxylic acids is 1. The number of rotatable bonds is 4. The Morgan fingerprint density at radius 2 is 2.28 bits per heavy atom. The molecule has 1 rings (SSSR count). The van der Waals surface area contributed by atoms with Crippen molar-refractivity contribution in [3.63, 3.8) is 0 Å². The van der Waals surface area contributed by atoms with Gasteiger partial charge in [-0.05, 0) is 26.3 Å². The fourth-order valence-electron chi connectivity index (χ4n) is 2.11. The van der Waals surface area contributed by atoms with Gasteiger partial charge in [0.25, 0.3) is 0 Å². The van der Waals surface area contributed by atoms with E-state index in [1.54, 1.807) is 17.9 Å². The zero-order valence-electron chi connectivity index (χ0n) is 10.5. The summed E-state index contributed by atoms with van der Waals surface area (Å²) in [6, 6.07) is -0.532. The Labute approximate surface area is 105 Å². The predicted octanol–water partition coefficient (Wildman–Crippen LogP) is 1.95. The molecule has 0 aromatic rings. The van der Waals surface area contributed by atoms with Crippen molar-refractivity contribution in [3.05, 3.63) is 12.7 Å². The summed E-state index contributed by atoms with van der Waals surface area (Å²) in [6.45, 7) is 5.89. The first kappa shape index (κ1) is 15.0. The number of piperidine rings is 1. The fourth-order valence-corrected chi connectivity index (χ4v) is 2.11. The van der Waals surface area contributed by atoms with Gasteiger partial charge in [0, 0.05) is 13.1 Å². The van der Waals surface area contributed by atoms with Crippen LogP contribution in [0.3, 0.4) is 0 Å². The zero-order chi connectivity index (χ0) is 13.8. The van der Waals surface area contributed by atoms with Crippen molar-refractivity contribution in [1.82, 2.24) is 10.2 Å². The van der Waals surface area contributed by atoms with Gasteiger partial charge in [0.1, 0.15) is 0 Å². The van der Waals surface area contributed by atoms with Gasteiger partial charge in [0.2, 0.25) is 5.91 Å². The second-order valence-electron chi connectivity index (χ2n) is 4.59. The summed E-state index contributed by atoms with van der Waals surface area (Å²) in [5.41, 5.74) is 0. The molecular weight excluding hydrogens is 245 g/mol. The van der Waals surface area contributed by atoms with Crippen LogP contribution in [0.4, 0.5) is 13.2 Å². The molecule has 0 spiro atoms. The minimum Gasteiger partial charge on any atom is -0.351 e. The van der Waals surface area contributed by atoms with Crippen LogP contribution in [0.5, 0.6) is 0 Å². The van der Waals surface area contributed by atoms with Crippen LogP contribution in [0.2, 0.25) is 0 Å². The Hall–Kier alpha value is -1.04. The molecule has 0 aromatic carbocycles. The summed E-state index contributed by atoms with van der Waals surface area (Å²) >= 11 is 0. The van der Waals surface area contributed by atoms with Gasteiger partial charge in [-0.1, -0.05) is 6.08 Å². The number of nitrogens with zero attached hydrogens (tertiary/aromatic N) is 1. The van der Waals surface area contributed by atoms with Gasteiger partial charge < -0.3 is 5.32 Å². The van der Waals surface area contributed by atoms with Crippen LogP contribution in [-0.2, 0) is 4.79 Å². The second kappa shape index (κ2) is 6.22. The number of amides is 1. The van der Waals surface area contributed by atoms with Gasteiger partial charge in [0.15, 0.2) is 0 Å². The first-order valence-electron chi connectivity index (χ1n) is 6.05. The topological polar surface area (TPSA) is 32.3 Å². The molecule has 18 heavy (non-hydrogen) atoms. The van der Waals surface area contributed by atoms with Crippen LogP contribution >= 0.6 is 0 Å². The summed E-state index contributed by atoms with van der Waals surface area (Å²) < 4.78 is 37.9. The Morgan fingerprint density at radius 1 is 1.61 bits per heavy atom. The molecule has 0 saturated carbocycles. The lowest BCUT2D eigenvalue weighted by atomic mass is 9.96.